The van der Waals surface area contributed by atoms with E-state index in [2.05, 4.69) is 20.8 Å². The van der Waals surface area contributed by atoms with Gasteiger partial charge in [-0.15, -0.1) is 0 Å². The van der Waals surface area contributed by atoms with Crippen LogP contribution in [-0.2, 0) is 0 Å². The molecular weight excluding hydrogens is 198 g/mol. The lowest BCUT2D eigenvalue weighted by molar-refractivity contribution is -0.0806. The third-order valence-corrected chi connectivity index (χ3v) is 5.22. The average molecular weight is 225 g/mol. The molecule has 2 aliphatic rings. The lowest BCUT2D eigenvalue weighted by Crippen LogP contribution is -2.50. The molecule has 0 heterocycles. The minimum absolute atomic E-state index is 0.0141. The highest BCUT2D eigenvalue weighted by Crippen LogP contribution is 2.58. The summed E-state index contributed by atoms with van der Waals surface area (Å²) in [5, 5.41) is 11.0. The molecule has 3 atom stereocenters. The van der Waals surface area contributed by atoms with Crippen LogP contribution >= 0.6 is 0 Å². The highest BCUT2D eigenvalue weighted by Gasteiger charge is 2.56. The van der Waals surface area contributed by atoms with Gasteiger partial charge < -0.3 is 10.8 Å². The molecular formula is C14H27NO. The quantitative estimate of drug-likeness (QED) is 0.759. The van der Waals surface area contributed by atoms with Gasteiger partial charge in [-0.2, -0.15) is 0 Å². The van der Waals surface area contributed by atoms with Crippen molar-refractivity contribution >= 4 is 0 Å². The van der Waals surface area contributed by atoms with E-state index in [1.165, 1.54) is 6.42 Å². The first kappa shape index (κ1) is 12.4. The minimum Gasteiger partial charge on any atom is -0.389 e. The first-order valence-electron chi connectivity index (χ1n) is 6.75. The Labute approximate surface area is 99.6 Å². The fourth-order valence-electron chi connectivity index (χ4n) is 4.16. The van der Waals surface area contributed by atoms with Crippen molar-refractivity contribution in [1.82, 2.24) is 0 Å². The molecule has 0 radical (unpaired) electrons. The molecule has 0 aromatic carbocycles. The second-order valence-electron chi connectivity index (χ2n) is 7.21. The fourth-order valence-corrected chi connectivity index (χ4v) is 4.16. The second kappa shape index (κ2) is 3.71. The zero-order valence-electron chi connectivity index (χ0n) is 11.1. The molecule has 2 rings (SSSR count). The molecule has 2 heteroatoms. The molecule has 0 bridgehead atoms. The van der Waals surface area contributed by atoms with E-state index in [9.17, 15) is 5.11 Å². The summed E-state index contributed by atoms with van der Waals surface area (Å²) in [6.07, 6.45) is 6.50. The van der Waals surface area contributed by atoms with Crippen LogP contribution in [0.2, 0.25) is 0 Å². The normalized spacial score (nSPS) is 47.4. The summed E-state index contributed by atoms with van der Waals surface area (Å²) < 4.78 is 0. The third-order valence-electron chi connectivity index (χ3n) is 5.22. The molecule has 2 aliphatic carbocycles. The molecule has 0 spiro atoms. The number of rotatable bonds is 2. The number of nitrogens with two attached hydrogens (primary N) is 1. The average Bonchev–Trinajstić information content (AvgIpc) is 2.70. The van der Waals surface area contributed by atoms with Crippen molar-refractivity contribution in [1.29, 1.82) is 0 Å². The largest absolute Gasteiger partial charge is 0.389 e. The smallest absolute Gasteiger partial charge is 0.0721 e. The zero-order chi connectivity index (χ0) is 12.0. The van der Waals surface area contributed by atoms with E-state index in [0.717, 1.165) is 38.0 Å². The van der Waals surface area contributed by atoms with Gasteiger partial charge in [0.05, 0.1) is 5.60 Å². The zero-order valence-corrected chi connectivity index (χ0v) is 11.1. The summed E-state index contributed by atoms with van der Waals surface area (Å²) in [5.41, 5.74) is 5.84. The molecule has 2 nitrogen and oxygen atoms in total. The highest BCUT2D eigenvalue weighted by molar-refractivity contribution is 5.08. The Balaban J connectivity index is 2.22. The maximum atomic E-state index is 11.0. The molecule has 16 heavy (non-hydrogen) atoms. The van der Waals surface area contributed by atoms with Crippen molar-refractivity contribution in [2.75, 3.05) is 6.54 Å². The first-order valence-corrected chi connectivity index (χ1v) is 6.75. The number of hydrogen-bond donors (Lipinski definition) is 2. The van der Waals surface area contributed by atoms with Crippen LogP contribution in [0.25, 0.3) is 0 Å². The van der Waals surface area contributed by atoms with Crippen LogP contribution in [0.1, 0.15) is 59.3 Å². The molecule has 0 amide bonds. The summed E-state index contributed by atoms with van der Waals surface area (Å²) >= 11 is 0. The molecule has 2 saturated carbocycles. The van der Waals surface area contributed by atoms with Crippen molar-refractivity contribution in [2.24, 2.45) is 22.5 Å². The lowest BCUT2D eigenvalue weighted by atomic mass is 9.67. The van der Waals surface area contributed by atoms with Crippen LogP contribution in [-0.4, -0.2) is 17.3 Å². The molecule has 0 aromatic heterocycles. The van der Waals surface area contributed by atoms with Crippen molar-refractivity contribution in [2.45, 2.75) is 64.9 Å². The molecule has 2 fully saturated rings. The summed E-state index contributed by atoms with van der Waals surface area (Å²) in [4.78, 5) is 0. The van der Waals surface area contributed by atoms with Gasteiger partial charge in [-0.3, -0.25) is 0 Å². The van der Waals surface area contributed by atoms with Gasteiger partial charge in [0.25, 0.3) is 0 Å². The maximum absolute atomic E-state index is 11.0. The summed E-state index contributed by atoms with van der Waals surface area (Å²) in [7, 11) is 0. The van der Waals surface area contributed by atoms with Crippen LogP contribution in [0.4, 0.5) is 0 Å². The molecule has 0 saturated heterocycles. The Hall–Kier alpha value is -0.0800. The molecule has 3 N–H and O–H groups in total. The molecule has 94 valence electrons. The maximum Gasteiger partial charge on any atom is 0.0721 e. The van der Waals surface area contributed by atoms with Crippen LogP contribution in [0.3, 0.4) is 0 Å². The molecule has 3 unspecified atom stereocenters. The monoisotopic (exact) mass is 225 g/mol. The summed E-state index contributed by atoms with van der Waals surface area (Å²) in [5.74, 6) is 0.733. The van der Waals surface area contributed by atoms with E-state index in [0.29, 0.717) is 12.0 Å². The van der Waals surface area contributed by atoms with Gasteiger partial charge in [0.2, 0.25) is 0 Å². The van der Waals surface area contributed by atoms with Gasteiger partial charge in [0.15, 0.2) is 0 Å². The predicted molar refractivity (Wildman–Crippen MR) is 67.1 cm³/mol. The molecule has 0 aromatic rings. The van der Waals surface area contributed by atoms with Crippen molar-refractivity contribution in [3.63, 3.8) is 0 Å². The van der Waals surface area contributed by atoms with E-state index < -0.39 is 5.60 Å². The van der Waals surface area contributed by atoms with Gasteiger partial charge >= 0.3 is 0 Å². The molecule has 0 aliphatic heterocycles. The standard InChI is InChI=1S/C14H27NO/c1-11-4-5-13(8-11,10-15)14(16)7-6-12(2,3)9-14/h11,16H,4-10,15H2,1-3H3. The van der Waals surface area contributed by atoms with Gasteiger partial charge in [-0.1, -0.05) is 27.2 Å². The third kappa shape index (κ3) is 1.80. The number of aliphatic hydroxyl groups is 1. The van der Waals surface area contributed by atoms with E-state index in [-0.39, 0.29) is 5.41 Å². The van der Waals surface area contributed by atoms with Crippen molar-refractivity contribution in [3.8, 4) is 0 Å². The highest BCUT2D eigenvalue weighted by atomic mass is 16.3. The van der Waals surface area contributed by atoms with Gasteiger partial charge in [0.1, 0.15) is 0 Å². The van der Waals surface area contributed by atoms with E-state index in [4.69, 9.17) is 5.73 Å². The minimum atomic E-state index is -0.490. The van der Waals surface area contributed by atoms with Gasteiger partial charge in [0, 0.05) is 12.0 Å². The Morgan fingerprint density at radius 3 is 2.31 bits per heavy atom. The Morgan fingerprint density at radius 2 is 1.94 bits per heavy atom. The van der Waals surface area contributed by atoms with Crippen molar-refractivity contribution in [3.05, 3.63) is 0 Å². The van der Waals surface area contributed by atoms with E-state index in [1.807, 2.05) is 0 Å². The number of hydrogen-bond acceptors (Lipinski definition) is 2. The van der Waals surface area contributed by atoms with Crippen molar-refractivity contribution < 1.29 is 5.11 Å². The SMILES string of the molecule is CC1CCC(CN)(C2(O)CCC(C)(C)C2)C1. The Morgan fingerprint density at radius 1 is 1.25 bits per heavy atom. The second-order valence-corrected chi connectivity index (χ2v) is 7.21. The summed E-state index contributed by atoms with van der Waals surface area (Å²) in [6.45, 7) is 7.49. The predicted octanol–water partition coefficient (Wildman–Crippen LogP) is 2.69. The van der Waals surface area contributed by atoms with E-state index in [1.54, 1.807) is 0 Å². The fraction of sp³-hybridized carbons (Fsp3) is 1.00. The van der Waals surface area contributed by atoms with E-state index >= 15 is 0 Å². The van der Waals surface area contributed by atoms with Crippen LogP contribution in [0, 0.1) is 16.7 Å². The van der Waals surface area contributed by atoms with Gasteiger partial charge in [-0.25, -0.2) is 0 Å². The van der Waals surface area contributed by atoms with Gasteiger partial charge in [-0.05, 0) is 43.4 Å². The lowest BCUT2D eigenvalue weighted by Gasteiger charge is -2.43. The van der Waals surface area contributed by atoms with Crippen LogP contribution < -0.4 is 5.73 Å². The topological polar surface area (TPSA) is 46.2 Å². The Bertz CT molecular complexity index is 276. The first-order chi connectivity index (χ1) is 7.33. The van der Waals surface area contributed by atoms with Crippen LogP contribution in [0.15, 0.2) is 0 Å². The summed E-state index contributed by atoms with van der Waals surface area (Å²) in [6, 6.07) is 0. The van der Waals surface area contributed by atoms with Crippen LogP contribution in [0.5, 0.6) is 0 Å². The Kier molecular flexibility index (Phi) is 2.87.